The summed E-state index contributed by atoms with van der Waals surface area (Å²) in [5.41, 5.74) is 0. The fraction of sp³-hybridized carbons (Fsp3) is 0.600. The highest BCUT2D eigenvalue weighted by atomic mass is 32.1. The Bertz CT molecular complexity index is 323. The summed E-state index contributed by atoms with van der Waals surface area (Å²) in [6.45, 7) is 4.07. The molecule has 0 spiro atoms. The highest BCUT2D eigenvalue weighted by Gasteiger charge is 2.07. The van der Waals surface area contributed by atoms with Crippen molar-refractivity contribution in [1.82, 2.24) is 10.3 Å². The SMILES string of the molecule is CCc1cnc(CCNC(=O)C(C)O)s1. The largest absolute Gasteiger partial charge is 0.384 e. The van der Waals surface area contributed by atoms with Gasteiger partial charge in [-0.25, -0.2) is 4.98 Å². The number of nitrogens with one attached hydrogen (secondary N) is 1. The van der Waals surface area contributed by atoms with E-state index in [9.17, 15) is 4.79 Å². The zero-order valence-electron chi connectivity index (χ0n) is 8.99. The number of aliphatic hydroxyl groups excluding tert-OH is 1. The molecule has 1 atom stereocenters. The van der Waals surface area contributed by atoms with Gasteiger partial charge in [-0.05, 0) is 13.3 Å². The fourth-order valence-electron chi connectivity index (χ4n) is 1.07. The molecular formula is C10H16N2O2S. The first-order valence-corrected chi connectivity index (χ1v) is 5.84. The highest BCUT2D eigenvalue weighted by Crippen LogP contribution is 2.13. The maximum atomic E-state index is 11.0. The number of aliphatic hydroxyl groups is 1. The van der Waals surface area contributed by atoms with Crippen molar-refractivity contribution in [3.63, 3.8) is 0 Å². The Balaban J connectivity index is 2.28. The van der Waals surface area contributed by atoms with Crippen LogP contribution in [-0.4, -0.2) is 28.6 Å². The molecule has 84 valence electrons. The molecule has 1 heterocycles. The average Bonchev–Trinajstić information content (AvgIpc) is 2.65. The van der Waals surface area contributed by atoms with E-state index in [2.05, 4.69) is 17.2 Å². The quantitative estimate of drug-likeness (QED) is 0.781. The van der Waals surface area contributed by atoms with Crippen molar-refractivity contribution >= 4 is 17.2 Å². The van der Waals surface area contributed by atoms with E-state index in [1.807, 2.05) is 6.20 Å². The van der Waals surface area contributed by atoms with Gasteiger partial charge in [0.1, 0.15) is 6.10 Å². The lowest BCUT2D eigenvalue weighted by Crippen LogP contribution is -2.33. The Kier molecular flexibility index (Phi) is 4.71. The van der Waals surface area contributed by atoms with Crippen LogP contribution in [0.4, 0.5) is 0 Å². The molecule has 0 aromatic carbocycles. The van der Waals surface area contributed by atoms with Crippen LogP contribution in [0.15, 0.2) is 6.20 Å². The number of hydrogen-bond donors (Lipinski definition) is 2. The number of carbonyl (C=O) groups excluding carboxylic acids is 1. The summed E-state index contributed by atoms with van der Waals surface area (Å²) in [5.74, 6) is -0.331. The molecule has 5 heteroatoms. The lowest BCUT2D eigenvalue weighted by atomic mass is 10.3. The van der Waals surface area contributed by atoms with E-state index in [4.69, 9.17) is 5.11 Å². The Labute approximate surface area is 93.4 Å². The standard InChI is InChI=1S/C10H16N2O2S/c1-3-8-6-12-9(15-8)4-5-11-10(14)7(2)13/h6-7,13H,3-5H2,1-2H3,(H,11,14). The van der Waals surface area contributed by atoms with Gasteiger partial charge in [0, 0.05) is 24.0 Å². The normalized spacial score (nSPS) is 12.5. The van der Waals surface area contributed by atoms with Crippen molar-refractivity contribution in [2.75, 3.05) is 6.54 Å². The van der Waals surface area contributed by atoms with Crippen LogP contribution in [0.5, 0.6) is 0 Å². The third-order valence-corrected chi connectivity index (χ3v) is 3.17. The molecule has 0 saturated heterocycles. The third kappa shape index (κ3) is 3.97. The highest BCUT2D eigenvalue weighted by molar-refractivity contribution is 7.11. The minimum atomic E-state index is -0.938. The van der Waals surface area contributed by atoms with E-state index in [1.165, 1.54) is 11.8 Å². The van der Waals surface area contributed by atoms with Gasteiger partial charge in [0.25, 0.3) is 0 Å². The number of amides is 1. The first-order valence-electron chi connectivity index (χ1n) is 5.02. The first kappa shape index (κ1) is 12.1. The van der Waals surface area contributed by atoms with E-state index in [1.54, 1.807) is 11.3 Å². The van der Waals surface area contributed by atoms with Gasteiger partial charge in [-0.1, -0.05) is 6.92 Å². The number of aryl methyl sites for hydroxylation is 1. The fourth-order valence-corrected chi connectivity index (χ4v) is 1.93. The van der Waals surface area contributed by atoms with Gasteiger partial charge < -0.3 is 10.4 Å². The lowest BCUT2D eigenvalue weighted by Gasteiger charge is -2.05. The van der Waals surface area contributed by atoms with Crippen molar-refractivity contribution in [2.24, 2.45) is 0 Å². The molecular weight excluding hydrogens is 212 g/mol. The van der Waals surface area contributed by atoms with E-state index in [-0.39, 0.29) is 5.91 Å². The van der Waals surface area contributed by atoms with Crippen LogP contribution in [0.25, 0.3) is 0 Å². The number of nitrogens with zero attached hydrogens (tertiary/aromatic N) is 1. The number of aromatic nitrogens is 1. The van der Waals surface area contributed by atoms with Crippen molar-refractivity contribution in [3.05, 3.63) is 16.1 Å². The monoisotopic (exact) mass is 228 g/mol. The zero-order chi connectivity index (χ0) is 11.3. The summed E-state index contributed by atoms with van der Waals surface area (Å²) in [4.78, 5) is 16.5. The second-order valence-electron chi connectivity index (χ2n) is 3.29. The van der Waals surface area contributed by atoms with Gasteiger partial charge >= 0.3 is 0 Å². The van der Waals surface area contributed by atoms with Crippen LogP contribution in [0.3, 0.4) is 0 Å². The summed E-state index contributed by atoms with van der Waals surface area (Å²) in [7, 11) is 0. The van der Waals surface area contributed by atoms with Crippen molar-refractivity contribution in [3.8, 4) is 0 Å². The summed E-state index contributed by atoms with van der Waals surface area (Å²) in [6.07, 6.45) is 2.66. The molecule has 0 aliphatic carbocycles. The van der Waals surface area contributed by atoms with Crippen LogP contribution in [0, 0.1) is 0 Å². The smallest absolute Gasteiger partial charge is 0.248 e. The Hall–Kier alpha value is -0.940. The van der Waals surface area contributed by atoms with Crippen LogP contribution >= 0.6 is 11.3 Å². The second kappa shape index (κ2) is 5.82. The number of thiazole rings is 1. The maximum absolute atomic E-state index is 11.0. The van der Waals surface area contributed by atoms with Crippen LogP contribution < -0.4 is 5.32 Å². The molecule has 1 aromatic heterocycles. The number of hydrogen-bond acceptors (Lipinski definition) is 4. The molecule has 0 fully saturated rings. The van der Waals surface area contributed by atoms with Gasteiger partial charge in [0.2, 0.25) is 5.91 Å². The van der Waals surface area contributed by atoms with Crippen LogP contribution in [-0.2, 0) is 17.6 Å². The molecule has 0 radical (unpaired) electrons. The molecule has 0 saturated carbocycles. The Morgan fingerprint density at radius 1 is 1.73 bits per heavy atom. The van der Waals surface area contributed by atoms with E-state index in [0.29, 0.717) is 6.54 Å². The van der Waals surface area contributed by atoms with E-state index in [0.717, 1.165) is 17.8 Å². The summed E-state index contributed by atoms with van der Waals surface area (Å²) in [6, 6.07) is 0. The Morgan fingerprint density at radius 2 is 2.47 bits per heavy atom. The van der Waals surface area contributed by atoms with Gasteiger partial charge in [0.15, 0.2) is 0 Å². The molecule has 2 N–H and O–H groups in total. The van der Waals surface area contributed by atoms with E-state index >= 15 is 0 Å². The predicted molar refractivity (Wildman–Crippen MR) is 59.9 cm³/mol. The van der Waals surface area contributed by atoms with Gasteiger partial charge in [-0.3, -0.25) is 4.79 Å². The Morgan fingerprint density at radius 3 is 3.00 bits per heavy atom. The second-order valence-corrected chi connectivity index (χ2v) is 4.49. The van der Waals surface area contributed by atoms with Crippen LogP contribution in [0.1, 0.15) is 23.7 Å². The van der Waals surface area contributed by atoms with Gasteiger partial charge in [-0.2, -0.15) is 0 Å². The topological polar surface area (TPSA) is 62.2 Å². The molecule has 1 aromatic rings. The van der Waals surface area contributed by atoms with Crippen molar-refractivity contribution in [1.29, 1.82) is 0 Å². The molecule has 1 unspecified atom stereocenters. The lowest BCUT2D eigenvalue weighted by molar-refractivity contribution is -0.128. The van der Waals surface area contributed by atoms with Gasteiger partial charge in [0.05, 0.1) is 5.01 Å². The predicted octanol–water partition coefficient (Wildman–Crippen LogP) is 0.745. The minimum absolute atomic E-state index is 0.331. The summed E-state index contributed by atoms with van der Waals surface area (Å²) in [5, 5.41) is 12.6. The van der Waals surface area contributed by atoms with E-state index < -0.39 is 6.10 Å². The molecule has 0 aliphatic rings. The van der Waals surface area contributed by atoms with Crippen LogP contribution in [0.2, 0.25) is 0 Å². The number of carbonyl (C=O) groups is 1. The molecule has 1 amide bonds. The minimum Gasteiger partial charge on any atom is -0.384 e. The van der Waals surface area contributed by atoms with Crippen molar-refractivity contribution < 1.29 is 9.90 Å². The zero-order valence-corrected chi connectivity index (χ0v) is 9.80. The molecule has 15 heavy (non-hydrogen) atoms. The maximum Gasteiger partial charge on any atom is 0.248 e. The molecule has 0 aliphatic heterocycles. The molecule has 0 bridgehead atoms. The first-order chi connectivity index (χ1) is 7.13. The molecule has 4 nitrogen and oxygen atoms in total. The summed E-state index contributed by atoms with van der Waals surface area (Å²) >= 11 is 1.67. The number of rotatable bonds is 5. The third-order valence-electron chi connectivity index (χ3n) is 1.97. The molecule has 1 rings (SSSR count). The van der Waals surface area contributed by atoms with Crippen molar-refractivity contribution in [2.45, 2.75) is 32.8 Å². The van der Waals surface area contributed by atoms with Gasteiger partial charge in [-0.15, -0.1) is 11.3 Å². The average molecular weight is 228 g/mol. The summed E-state index contributed by atoms with van der Waals surface area (Å²) < 4.78 is 0.